The smallest absolute Gasteiger partial charge is 0.312 e. The molecule has 0 aromatic carbocycles. The third-order valence-electron chi connectivity index (χ3n) is 1.59. The first-order valence-electron chi connectivity index (χ1n) is 4.04. The molecule has 0 aliphatic heterocycles. The number of primary sulfonamides is 1. The van der Waals surface area contributed by atoms with Crippen LogP contribution in [0, 0.1) is 0 Å². The lowest BCUT2D eigenvalue weighted by Gasteiger charge is -1.98. The molecule has 0 unspecified atom stereocenters. The number of urea groups is 1. The van der Waals surface area contributed by atoms with Gasteiger partial charge >= 0.3 is 6.03 Å². The number of primary amides is 1. The zero-order chi connectivity index (χ0) is 11.5. The molecule has 0 atom stereocenters. The molecule has 1 aromatic heterocycles. The van der Waals surface area contributed by atoms with Crippen LogP contribution in [0.15, 0.2) is 16.3 Å². The van der Waals surface area contributed by atoms with Crippen LogP contribution in [0.5, 0.6) is 0 Å². The predicted molar refractivity (Wildman–Crippen MR) is 57.0 cm³/mol. The molecule has 0 spiro atoms. The van der Waals surface area contributed by atoms with Gasteiger partial charge in [0.15, 0.2) is 0 Å². The normalized spacial score (nSPS) is 11.3. The van der Waals surface area contributed by atoms with Crippen LogP contribution in [0.3, 0.4) is 0 Å². The SMILES string of the molecule is NC(=O)NCCc1ccc(S(N)(=O)=O)s1. The molecule has 1 rings (SSSR count). The van der Waals surface area contributed by atoms with Gasteiger partial charge in [0.2, 0.25) is 10.0 Å². The average Bonchev–Trinajstić information content (AvgIpc) is 2.51. The van der Waals surface area contributed by atoms with E-state index >= 15 is 0 Å². The maximum Gasteiger partial charge on any atom is 0.312 e. The fourth-order valence-corrected chi connectivity index (χ4v) is 2.73. The highest BCUT2D eigenvalue weighted by molar-refractivity contribution is 7.91. The minimum absolute atomic E-state index is 0.122. The van der Waals surface area contributed by atoms with Gasteiger partial charge in [0, 0.05) is 11.4 Å². The van der Waals surface area contributed by atoms with E-state index in [0.717, 1.165) is 16.2 Å². The molecule has 15 heavy (non-hydrogen) atoms. The largest absolute Gasteiger partial charge is 0.352 e. The molecule has 8 heteroatoms. The van der Waals surface area contributed by atoms with E-state index in [4.69, 9.17) is 10.9 Å². The van der Waals surface area contributed by atoms with Crippen LogP contribution in [0.2, 0.25) is 0 Å². The summed E-state index contributed by atoms with van der Waals surface area (Å²) >= 11 is 1.09. The maximum absolute atomic E-state index is 10.9. The van der Waals surface area contributed by atoms with Crippen molar-refractivity contribution >= 4 is 27.4 Å². The molecule has 1 heterocycles. The van der Waals surface area contributed by atoms with Crippen LogP contribution in [0.4, 0.5) is 4.79 Å². The second-order valence-corrected chi connectivity index (χ2v) is 5.76. The minimum atomic E-state index is -3.62. The molecule has 2 amide bonds. The second kappa shape index (κ2) is 4.60. The van der Waals surface area contributed by atoms with Crippen molar-refractivity contribution in [1.29, 1.82) is 0 Å². The summed E-state index contributed by atoms with van der Waals surface area (Å²) in [4.78, 5) is 11.2. The Hall–Kier alpha value is -1.12. The zero-order valence-corrected chi connectivity index (χ0v) is 9.40. The first kappa shape index (κ1) is 12.0. The van der Waals surface area contributed by atoms with Crippen molar-refractivity contribution in [1.82, 2.24) is 5.32 Å². The van der Waals surface area contributed by atoms with E-state index in [1.54, 1.807) is 6.07 Å². The van der Waals surface area contributed by atoms with Gasteiger partial charge in [-0.05, 0) is 18.6 Å². The molecular formula is C7H11N3O3S2. The van der Waals surface area contributed by atoms with Crippen LogP contribution in [-0.2, 0) is 16.4 Å². The molecule has 0 aliphatic rings. The van der Waals surface area contributed by atoms with E-state index in [1.165, 1.54) is 6.07 Å². The van der Waals surface area contributed by atoms with Gasteiger partial charge in [0.05, 0.1) is 0 Å². The van der Waals surface area contributed by atoms with Gasteiger partial charge in [-0.15, -0.1) is 11.3 Å². The van der Waals surface area contributed by atoms with Gasteiger partial charge in [-0.2, -0.15) is 0 Å². The number of carbonyl (C=O) groups excluding carboxylic acids is 1. The summed E-state index contributed by atoms with van der Waals surface area (Å²) in [6.07, 6.45) is 0.531. The number of nitrogens with one attached hydrogen (secondary N) is 1. The lowest BCUT2D eigenvalue weighted by molar-refractivity contribution is 0.249. The average molecular weight is 249 g/mol. The summed E-state index contributed by atoms with van der Waals surface area (Å²) < 4.78 is 22.0. The van der Waals surface area contributed by atoms with Crippen molar-refractivity contribution in [3.05, 3.63) is 17.0 Å². The van der Waals surface area contributed by atoms with E-state index in [0.29, 0.717) is 13.0 Å². The molecule has 84 valence electrons. The standard InChI is InChI=1S/C7H11N3O3S2/c8-7(11)10-4-3-5-1-2-6(14-5)15(9,12)13/h1-2H,3-4H2,(H3,8,10,11)(H2,9,12,13). The van der Waals surface area contributed by atoms with Crippen molar-refractivity contribution in [2.24, 2.45) is 10.9 Å². The predicted octanol–water partition coefficient (Wildman–Crippen LogP) is -0.394. The van der Waals surface area contributed by atoms with Crippen LogP contribution in [-0.4, -0.2) is 21.0 Å². The molecule has 0 fully saturated rings. The molecule has 5 N–H and O–H groups in total. The second-order valence-electron chi connectivity index (χ2n) is 2.81. The fraction of sp³-hybridized carbons (Fsp3) is 0.286. The molecule has 6 nitrogen and oxygen atoms in total. The Morgan fingerprint density at radius 2 is 2.13 bits per heavy atom. The van der Waals surface area contributed by atoms with Gasteiger partial charge < -0.3 is 11.1 Å². The quantitative estimate of drug-likeness (QED) is 0.674. The number of nitrogens with two attached hydrogens (primary N) is 2. The van der Waals surface area contributed by atoms with Gasteiger partial charge in [0.25, 0.3) is 0 Å². The summed E-state index contributed by atoms with van der Waals surface area (Å²) in [5, 5.41) is 7.35. The van der Waals surface area contributed by atoms with E-state index in [2.05, 4.69) is 5.32 Å². The number of amides is 2. The first-order valence-corrected chi connectivity index (χ1v) is 6.40. The molecule has 0 saturated carbocycles. The first-order chi connectivity index (χ1) is 6.89. The lowest BCUT2D eigenvalue weighted by Crippen LogP contribution is -2.30. The summed E-state index contributed by atoms with van der Waals surface area (Å²) in [5.41, 5.74) is 4.87. The fourth-order valence-electron chi connectivity index (χ4n) is 0.954. The van der Waals surface area contributed by atoms with E-state index in [9.17, 15) is 13.2 Å². The summed E-state index contributed by atoms with van der Waals surface area (Å²) in [6, 6.07) is 2.50. The highest BCUT2D eigenvalue weighted by Crippen LogP contribution is 2.20. The minimum Gasteiger partial charge on any atom is -0.352 e. The van der Waals surface area contributed by atoms with E-state index in [-0.39, 0.29) is 4.21 Å². The Balaban J connectivity index is 2.58. The van der Waals surface area contributed by atoms with Gasteiger partial charge in [0.1, 0.15) is 4.21 Å². The van der Waals surface area contributed by atoms with Crippen LogP contribution in [0.25, 0.3) is 0 Å². The topological polar surface area (TPSA) is 115 Å². The molecule has 0 radical (unpaired) electrons. The van der Waals surface area contributed by atoms with Crippen LogP contribution >= 0.6 is 11.3 Å². The number of sulfonamides is 1. The Bertz CT molecular complexity index is 452. The molecule has 0 bridgehead atoms. The van der Waals surface area contributed by atoms with Gasteiger partial charge in [-0.25, -0.2) is 18.4 Å². The Morgan fingerprint density at radius 3 is 2.60 bits per heavy atom. The van der Waals surface area contributed by atoms with Crippen molar-refractivity contribution in [2.75, 3.05) is 6.54 Å². The van der Waals surface area contributed by atoms with E-state index < -0.39 is 16.1 Å². The van der Waals surface area contributed by atoms with Gasteiger partial charge in [-0.1, -0.05) is 0 Å². The van der Waals surface area contributed by atoms with Crippen molar-refractivity contribution in [3.63, 3.8) is 0 Å². The Labute approximate surface area is 91.3 Å². The maximum atomic E-state index is 10.9. The highest BCUT2D eigenvalue weighted by Gasteiger charge is 2.10. The summed E-state index contributed by atoms with van der Waals surface area (Å²) in [5.74, 6) is 0. The molecular weight excluding hydrogens is 238 g/mol. The third-order valence-corrected chi connectivity index (χ3v) is 4.17. The van der Waals surface area contributed by atoms with Crippen molar-refractivity contribution in [2.45, 2.75) is 10.6 Å². The van der Waals surface area contributed by atoms with E-state index in [1.807, 2.05) is 0 Å². The Morgan fingerprint density at radius 1 is 1.47 bits per heavy atom. The Kier molecular flexibility index (Phi) is 3.66. The monoisotopic (exact) mass is 249 g/mol. The highest BCUT2D eigenvalue weighted by atomic mass is 32.2. The number of rotatable bonds is 4. The molecule has 1 aromatic rings. The van der Waals surface area contributed by atoms with Gasteiger partial charge in [-0.3, -0.25) is 0 Å². The number of hydrogen-bond acceptors (Lipinski definition) is 4. The van der Waals surface area contributed by atoms with Crippen LogP contribution < -0.4 is 16.2 Å². The number of hydrogen-bond donors (Lipinski definition) is 3. The van der Waals surface area contributed by atoms with Crippen molar-refractivity contribution in [3.8, 4) is 0 Å². The summed E-state index contributed by atoms with van der Waals surface area (Å²) in [7, 11) is -3.62. The summed E-state index contributed by atoms with van der Waals surface area (Å²) in [6.45, 7) is 0.375. The van der Waals surface area contributed by atoms with Crippen LogP contribution in [0.1, 0.15) is 4.88 Å². The number of carbonyl (C=O) groups is 1. The third kappa shape index (κ3) is 3.86. The molecule has 0 aliphatic carbocycles. The van der Waals surface area contributed by atoms with Crippen molar-refractivity contribution < 1.29 is 13.2 Å². The lowest BCUT2D eigenvalue weighted by atomic mass is 10.3. The zero-order valence-electron chi connectivity index (χ0n) is 7.76. The molecule has 0 saturated heterocycles. The number of thiophene rings is 1.